The molecule has 1 saturated heterocycles. The number of hydrogen-bond acceptors (Lipinski definition) is 6. The standard InChI is InChI=1S/C32H33N5O3/c1-24-8-10-26(11-9-24)29-16-17-30(34-33-29)35-18-20-36(21-19-35)31(38)23-37(22-25-6-4-3-5-7-25)32(39)27-12-14-28(40-2)15-13-27/h3-17H,18-23H2,1-2H3. The van der Waals surface area contributed by atoms with Gasteiger partial charge in [-0.15, -0.1) is 10.2 Å². The third-order valence-corrected chi connectivity index (χ3v) is 7.12. The van der Waals surface area contributed by atoms with E-state index in [0.717, 1.165) is 22.6 Å². The first-order valence-electron chi connectivity index (χ1n) is 13.4. The number of hydrogen-bond donors (Lipinski definition) is 0. The summed E-state index contributed by atoms with van der Waals surface area (Å²) in [6.07, 6.45) is 0. The number of piperazine rings is 1. The Kier molecular flexibility index (Phi) is 8.35. The Morgan fingerprint density at radius 3 is 2.15 bits per heavy atom. The monoisotopic (exact) mass is 535 g/mol. The van der Waals surface area contributed by atoms with Crippen molar-refractivity contribution in [1.29, 1.82) is 0 Å². The Hall–Kier alpha value is -4.72. The van der Waals surface area contributed by atoms with Gasteiger partial charge in [-0.1, -0.05) is 60.2 Å². The first-order chi connectivity index (χ1) is 19.5. The quantitative estimate of drug-likeness (QED) is 0.332. The Morgan fingerprint density at radius 1 is 0.825 bits per heavy atom. The summed E-state index contributed by atoms with van der Waals surface area (Å²) in [5, 5.41) is 8.87. The Bertz CT molecular complexity index is 1420. The van der Waals surface area contributed by atoms with Crippen molar-refractivity contribution in [3.8, 4) is 17.0 Å². The lowest BCUT2D eigenvalue weighted by molar-refractivity contribution is -0.132. The van der Waals surface area contributed by atoms with Crippen molar-refractivity contribution in [2.24, 2.45) is 0 Å². The number of nitrogens with zero attached hydrogens (tertiary/aromatic N) is 5. The van der Waals surface area contributed by atoms with Crippen LogP contribution in [0.2, 0.25) is 0 Å². The van der Waals surface area contributed by atoms with Crippen molar-refractivity contribution in [2.45, 2.75) is 13.5 Å². The average Bonchev–Trinajstić information content (AvgIpc) is 3.01. The number of ether oxygens (including phenoxy) is 1. The zero-order valence-electron chi connectivity index (χ0n) is 22.9. The molecule has 0 atom stereocenters. The first-order valence-corrected chi connectivity index (χ1v) is 13.4. The van der Waals surface area contributed by atoms with Gasteiger partial charge in [-0.05, 0) is 48.9 Å². The van der Waals surface area contributed by atoms with Crippen LogP contribution in [0.4, 0.5) is 5.82 Å². The van der Waals surface area contributed by atoms with E-state index in [1.54, 1.807) is 36.3 Å². The minimum absolute atomic E-state index is 0.00477. The van der Waals surface area contributed by atoms with Crippen molar-refractivity contribution in [3.63, 3.8) is 0 Å². The average molecular weight is 536 g/mol. The topological polar surface area (TPSA) is 78.9 Å². The van der Waals surface area contributed by atoms with Gasteiger partial charge in [0, 0.05) is 43.9 Å². The lowest BCUT2D eigenvalue weighted by atomic mass is 10.1. The lowest BCUT2D eigenvalue weighted by Gasteiger charge is -2.36. The van der Waals surface area contributed by atoms with E-state index in [0.29, 0.717) is 44.0 Å². The zero-order chi connectivity index (χ0) is 27.9. The Balaban J connectivity index is 1.22. The molecule has 1 aliphatic heterocycles. The van der Waals surface area contributed by atoms with Gasteiger partial charge in [0.2, 0.25) is 5.91 Å². The molecule has 0 N–H and O–H groups in total. The third-order valence-electron chi connectivity index (χ3n) is 7.12. The molecule has 1 aliphatic rings. The molecule has 5 rings (SSSR count). The number of carbonyl (C=O) groups excluding carboxylic acids is 2. The minimum Gasteiger partial charge on any atom is -0.497 e. The summed E-state index contributed by atoms with van der Waals surface area (Å²) in [6, 6.07) is 28.9. The molecular formula is C32H33N5O3. The van der Waals surface area contributed by atoms with Crippen molar-refractivity contribution >= 4 is 17.6 Å². The Morgan fingerprint density at radius 2 is 1.52 bits per heavy atom. The molecule has 0 saturated carbocycles. The van der Waals surface area contributed by atoms with Crippen LogP contribution in [0.1, 0.15) is 21.5 Å². The van der Waals surface area contributed by atoms with Gasteiger partial charge in [-0.25, -0.2) is 0 Å². The van der Waals surface area contributed by atoms with Crippen LogP contribution < -0.4 is 9.64 Å². The molecule has 8 nitrogen and oxygen atoms in total. The third kappa shape index (κ3) is 6.46. The van der Waals surface area contributed by atoms with E-state index < -0.39 is 0 Å². The maximum absolute atomic E-state index is 13.4. The van der Waals surface area contributed by atoms with Crippen LogP contribution in [-0.2, 0) is 11.3 Å². The molecule has 40 heavy (non-hydrogen) atoms. The molecule has 4 aromatic rings. The van der Waals surface area contributed by atoms with Crippen LogP contribution in [0.5, 0.6) is 5.75 Å². The summed E-state index contributed by atoms with van der Waals surface area (Å²) in [5.41, 5.74) is 4.55. The SMILES string of the molecule is COc1ccc(C(=O)N(CC(=O)N2CCN(c3ccc(-c4ccc(C)cc4)nn3)CC2)Cc2ccccc2)cc1. The fourth-order valence-electron chi connectivity index (χ4n) is 4.74. The molecule has 8 heteroatoms. The molecule has 0 aliphatic carbocycles. The maximum atomic E-state index is 13.4. The van der Waals surface area contributed by atoms with E-state index in [1.165, 1.54) is 5.56 Å². The van der Waals surface area contributed by atoms with E-state index in [2.05, 4.69) is 34.2 Å². The van der Waals surface area contributed by atoms with E-state index in [9.17, 15) is 9.59 Å². The normalized spacial score (nSPS) is 13.2. The summed E-state index contributed by atoms with van der Waals surface area (Å²) in [5.74, 6) is 1.21. The van der Waals surface area contributed by atoms with Crippen molar-refractivity contribution < 1.29 is 14.3 Å². The van der Waals surface area contributed by atoms with E-state index in [4.69, 9.17) is 4.74 Å². The summed E-state index contributed by atoms with van der Waals surface area (Å²) in [6.45, 7) is 4.81. The highest BCUT2D eigenvalue weighted by Gasteiger charge is 2.26. The summed E-state index contributed by atoms with van der Waals surface area (Å²) in [7, 11) is 1.59. The van der Waals surface area contributed by atoms with Crippen molar-refractivity contribution in [2.75, 3.05) is 44.7 Å². The Labute approximate surface area is 234 Å². The van der Waals surface area contributed by atoms with Gasteiger partial charge >= 0.3 is 0 Å². The number of carbonyl (C=O) groups is 2. The fraction of sp³-hybridized carbons (Fsp3) is 0.250. The molecule has 204 valence electrons. The van der Waals surface area contributed by atoms with Gasteiger partial charge in [0.15, 0.2) is 5.82 Å². The van der Waals surface area contributed by atoms with Gasteiger partial charge in [0.05, 0.1) is 12.8 Å². The molecular weight excluding hydrogens is 502 g/mol. The van der Waals surface area contributed by atoms with Crippen LogP contribution >= 0.6 is 0 Å². The van der Waals surface area contributed by atoms with Crippen LogP contribution in [0.3, 0.4) is 0 Å². The van der Waals surface area contributed by atoms with Gasteiger partial charge < -0.3 is 19.4 Å². The number of amides is 2. The van der Waals surface area contributed by atoms with Crippen LogP contribution in [0.25, 0.3) is 11.3 Å². The maximum Gasteiger partial charge on any atom is 0.254 e. The molecule has 1 fully saturated rings. The van der Waals surface area contributed by atoms with E-state index in [-0.39, 0.29) is 18.4 Å². The second-order valence-corrected chi connectivity index (χ2v) is 9.89. The fourth-order valence-corrected chi connectivity index (χ4v) is 4.74. The molecule has 3 aromatic carbocycles. The van der Waals surface area contributed by atoms with Crippen molar-refractivity contribution in [1.82, 2.24) is 20.0 Å². The number of methoxy groups -OCH3 is 1. The molecule has 1 aromatic heterocycles. The highest BCUT2D eigenvalue weighted by atomic mass is 16.5. The van der Waals surface area contributed by atoms with E-state index >= 15 is 0 Å². The minimum atomic E-state index is -0.192. The molecule has 0 spiro atoms. The number of rotatable bonds is 8. The lowest BCUT2D eigenvalue weighted by Crippen LogP contribution is -2.52. The highest BCUT2D eigenvalue weighted by molar-refractivity contribution is 5.96. The smallest absolute Gasteiger partial charge is 0.254 e. The van der Waals surface area contributed by atoms with Crippen LogP contribution in [-0.4, -0.2) is 71.6 Å². The zero-order valence-corrected chi connectivity index (χ0v) is 22.9. The second kappa shape index (κ2) is 12.4. The predicted molar refractivity (Wildman–Crippen MR) is 155 cm³/mol. The van der Waals surface area contributed by atoms with Gasteiger partial charge in [0.25, 0.3) is 5.91 Å². The molecule has 0 radical (unpaired) electrons. The van der Waals surface area contributed by atoms with Gasteiger partial charge in [-0.2, -0.15) is 0 Å². The molecule has 2 heterocycles. The highest BCUT2D eigenvalue weighted by Crippen LogP contribution is 2.20. The number of anilines is 1. The summed E-state index contributed by atoms with van der Waals surface area (Å²) >= 11 is 0. The largest absolute Gasteiger partial charge is 0.497 e. The second-order valence-electron chi connectivity index (χ2n) is 9.89. The molecule has 0 unspecified atom stereocenters. The van der Waals surface area contributed by atoms with E-state index in [1.807, 2.05) is 59.5 Å². The number of aromatic nitrogens is 2. The van der Waals surface area contributed by atoms with Gasteiger partial charge in [-0.3, -0.25) is 9.59 Å². The van der Waals surface area contributed by atoms with Gasteiger partial charge in [0.1, 0.15) is 12.3 Å². The first kappa shape index (κ1) is 26.9. The summed E-state index contributed by atoms with van der Waals surface area (Å²) < 4.78 is 5.22. The predicted octanol–water partition coefficient (Wildman–Crippen LogP) is 4.45. The molecule has 0 bridgehead atoms. The van der Waals surface area contributed by atoms with Crippen LogP contribution in [0.15, 0.2) is 91.0 Å². The summed E-state index contributed by atoms with van der Waals surface area (Å²) in [4.78, 5) is 32.4. The van der Waals surface area contributed by atoms with Crippen molar-refractivity contribution in [3.05, 3.63) is 108 Å². The number of benzene rings is 3. The molecule has 2 amide bonds. The van der Waals surface area contributed by atoms with Crippen LogP contribution in [0, 0.1) is 6.92 Å². The number of aryl methyl sites for hydroxylation is 1.